The first-order chi connectivity index (χ1) is 6.27. The minimum Gasteiger partial charge on any atom is -0.472 e. The maximum absolute atomic E-state index is 11.1. The van der Waals surface area contributed by atoms with Crippen molar-refractivity contribution in [1.29, 1.82) is 0 Å². The third-order valence-corrected chi connectivity index (χ3v) is 2.27. The van der Waals surface area contributed by atoms with E-state index < -0.39 is 6.10 Å². The smallest absolute Gasteiger partial charge is 0.220 e. The SMILES string of the molecule is O=C1CCC(O)C(c2ccoc2)N1. The second kappa shape index (κ2) is 3.22. The molecule has 4 nitrogen and oxygen atoms in total. The average Bonchev–Trinajstić information content (AvgIpc) is 2.61. The molecule has 1 saturated heterocycles. The number of hydrogen-bond acceptors (Lipinski definition) is 3. The topological polar surface area (TPSA) is 62.5 Å². The van der Waals surface area contributed by atoms with E-state index in [0.29, 0.717) is 12.8 Å². The van der Waals surface area contributed by atoms with Gasteiger partial charge in [0.2, 0.25) is 5.91 Å². The van der Waals surface area contributed by atoms with Gasteiger partial charge in [-0.2, -0.15) is 0 Å². The Balaban J connectivity index is 2.17. The van der Waals surface area contributed by atoms with Crippen LogP contribution in [0, 0.1) is 0 Å². The molecule has 0 radical (unpaired) electrons. The third kappa shape index (κ3) is 1.58. The number of carbonyl (C=O) groups excluding carboxylic acids is 1. The molecule has 0 saturated carbocycles. The Labute approximate surface area is 75.6 Å². The first-order valence-electron chi connectivity index (χ1n) is 4.27. The van der Waals surface area contributed by atoms with Crippen molar-refractivity contribution in [3.63, 3.8) is 0 Å². The lowest BCUT2D eigenvalue weighted by molar-refractivity contribution is -0.126. The summed E-state index contributed by atoms with van der Waals surface area (Å²) in [6, 6.07) is 1.44. The first kappa shape index (κ1) is 8.31. The van der Waals surface area contributed by atoms with Crippen LogP contribution in [0.4, 0.5) is 0 Å². The number of hydrogen-bond donors (Lipinski definition) is 2. The highest BCUT2D eigenvalue weighted by atomic mass is 16.3. The Morgan fingerprint density at radius 2 is 2.46 bits per heavy atom. The van der Waals surface area contributed by atoms with Crippen LogP contribution in [0.15, 0.2) is 23.0 Å². The number of amides is 1. The van der Waals surface area contributed by atoms with Crippen molar-refractivity contribution in [3.05, 3.63) is 24.2 Å². The molecule has 0 aromatic carbocycles. The molecule has 1 aliphatic heterocycles. The molecular weight excluding hydrogens is 170 g/mol. The van der Waals surface area contributed by atoms with Crippen LogP contribution in [-0.4, -0.2) is 17.1 Å². The van der Waals surface area contributed by atoms with Crippen LogP contribution in [0.2, 0.25) is 0 Å². The summed E-state index contributed by atoms with van der Waals surface area (Å²) in [6.07, 6.45) is 3.48. The number of furan rings is 1. The van der Waals surface area contributed by atoms with Crippen LogP contribution < -0.4 is 5.32 Å². The quantitative estimate of drug-likeness (QED) is 0.666. The summed E-state index contributed by atoms with van der Waals surface area (Å²) in [5, 5.41) is 12.3. The predicted molar refractivity (Wildman–Crippen MR) is 44.8 cm³/mol. The summed E-state index contributed by atoms with van der Waals surface area (Å²) in [4.78, 5) is 11.1. The van der Waals surface area contributed by atoms with E-state index in [1.807, 2.05) is 0 Å². The van der Waals surface area contributed by atoms with Crippen molar-refractivity contribution >= 4 is 5.91 Å². The van der Waals surface area contributed by atoms with Gasteiger partial charge in [-0.25, -0.2) is 0 Å². The number of piperidine rings is 1. The van der Waals surface area contributed by atoms with Crippen LogP contribution in [0.1, 0.15) is 24.4 Å². The molecule has 1 aromatic heterocycles. The molecule has 13 heavy (non-hydrogen) atoms. The van der Waals surface area contributed by atoms with Gasteiger partial charge in [0, 0.05) is 12.0 Å². The van der Waals surface area contributed by atoms with Gasteiger partial charge in [0.05, 0.1) is 24.7 Å². The van der Waals surface area contributed by atoms with Crippen molar-refractivity contribution < 1.29 is 14.3 Å². The number of rotatable bonds is 1. The predicted octanol–water partition coefficient (Wildman–Crippen LogP) is 0.592. The summed E-state index contributed by atoms with van der Waals surface area (Å²) >= 11 is 0. The fraction of sp³-hybridized carbons (Fsp3) is 0.444. The second-order valence-electron chi connectivity index (χ2n) is 3.21. The Hall–Kier alpha value is -1.29. The standard InChI is InChI=1S/C9H11NO3/c11-7-1-2-8(12)10-9(7)6-3-4-13-5-6/h3-5,7,9,11H,1-2H2,(H,10,12). The van der Waals surface area contributed by atoms with Crippen molar-refractivity contribution in [2.75, 3.05) is 0 Å². The molecule has 2 rings (SSSR count). The van der Waals surface area contributed by atoms with Crippen molar-refractivity contribution in [3.8, 4) is 0 Å². The molecule has 1 fully saturated rings. The van der Waals surface area contributed by atoms with Crippen molar-refractivity contribution in [1.82, 2.24) is 5.32 Å². The molecule has 4 heteroatoms. The Kier molecular flexibility index (Phi) is 2.06. The van der Waals surface area contributed by atoms with E-state index in [2.05, 4.69) is 5.32 Å². The van der Waals surface area contributed by atoms with Crippen LogP contribution in [0.3, 0.4) is 0 Å². The summed E-state index contributed by atoms with van der Waals surface area (Å²) in [7, 11) is 0. The van der Waals surface area contributed by atoms with E-state index in [-0.39, 0.29) is 11.9 Å². The number of nitrogens with one attached hydrogen (secondary N) is 1. The van der Waals surface area contributed by atoms with Gasteiger partial charge in [-0.1, -0.05) is 0 Å². The normalized spacial score (nSPS) is 28.5. The Morgan fingerprint density at radius 3 is 3.15 bits per heavy atom. The molecular formula is C9H11NO3. The summed E-state index contributed by atoms with van der Waals surface area (Å²) in [5.74, 6) is -0.0171. The first-order valence-corrected chi connectivity index (χ1v) is 4.27. The number of aliphatic hydroxyl groups excluding tert-OH is 1. The summed E-state index contributed by atoms with van der Waals surface area (Å²) < 4.78 is 4.89. The molecule has 0 spiro atoms. The fourth-order valence-corrected chi connectivity index (χ4v) is 1.54. The van der Waals surface area contributed by atoms with Crippen molar-refractivity contribution in [2.24, 2.45) is 0 Å². The zero-order valence-corrected chi connectivity index (χ0v) is 7.06. The molecule has 1 aliphatic rings. The maximum atomic E-state index is 11.1. The molecule has 1 amide bonds. The zero-order chi connectivity index (χ0) is 9.26. The van der Waals surface area contributed by atoms with Gasteiger partial charge in [-0.05, 0) is 12.5 Å². The highest BCUT2D eigenvalue weighted by Crippen LogP contribution is 2.23. The molecule has 70 valence electrons. The monoisotopic (exact) mass is 181 g/mol. The van der Waals surface area contributed by atoms with Gasteiger partial charge < -0.3 is 14.8 Å². The molecule has 0 bridgehead atoms. The lowest BCUT2D eigenvalue weighted by Gasteiger charge is -2.27. The average molecular weight is 181 g/mol. The maximum Gasteiger partial charge on any atom is 0.220 e. The molecule has 2 atom stereocenters. The van der Waals surface area contributed by atoms with Crippen LogP contribution in [0.25, 0.3) is 0 Å². The lowest BCUT2D eigenvalue weighted by Crippen LogP contribution is -2.41. The van der Waals surface area contributed by atoms with Crippen molar-refractivity contribution in [2.45, 2.75) is 25.0 Å². The van der Waals surface area contributed by atoms with Gasteiger partial charge in [0.1, 0.15) is 0 Å². The van der Waals surface area contributed by atoms with Gasteiger partial charge in [-0.15, -0.1) is 0 Å². The van der Waals surface area contributed by atoms with E-state index >= 15 is 0 Å². The van der Waals surface area contributed by atoms with E-state index in [9.17, 15) is 9.90 Å². The third-order valence-electron chi connectivity index (χ3n) is 2.27. The molecule has 2 N–H and O–H groups in total. The fourth-order valence-electron chi connectivity index (χ4n) is 1.54. The van der Waals surface area contributed by atoms with Gasteiger partial charge in [0.15, 0.2) is 0 Å². The van der Waals surface area contributed by atoms with E-state index in [4.69, 9.17) is 4.42 Å². The largest absolute Gasteiger partial charge is 0.472 e. The van der Waals surface area contributed by atoms with E-state index in [1.54, 1.807) is 12.3 Å². The van der Waals surface area contributed by atoms with Crippen LogP contribution in [0.5, 0.6) is 0 Å². The minimum absolute atomic E-state index is 0.0171. The summed E-state index contributed by atoms with van der Waals surface area (Å²) in [5.41, 5.74) is 0.820. The highest BCUT2D eigenvalue weighted by molar-refractivity contribution is 5.77. The number of aliphatic hydroxyl groups is 1. The van der Waals surface area contributed by atoms with Gasteiger partial charge in [-0.3, -0.25) is 4.79 Å². The zero-order valence-electron chi connectivity index (χ0n) is 7.06. The van der Waals surface area contributed by atoms with E-state index in [1.165, 1.54) is 6.26 Å². The van der Waals surface area contributed by atoms with Gasteiger partial charge >= 0.3 is 0 Å². The highest BCUT2D eigenvalue weighted by Gasteiger charge is 2.28. The molecule has 0 aliphatic carbocycles. The lowest BCUT2D eigenvalue weighted by atomic mass is 9.96. The molecule has 2 heterocycles. The van der Waals surface area contributed by atoms with Gasteiger partial charge in [0.25, 0.3) is 0 Å². The van der Waals surface area contributed by atoms with Crippen LogP contribution >= 0.6 is 0 Å². The minimum atomic E-state index is -0.504. The Bertz CT molecular complexity index is 294. The second-order valence-corrected chi connectivity index (χ2v) is 3.21. The Morgan fingerprint density at radius 1 is 1.62 bits per heavy atom. The number of carbonyl (C=O) groups is 1. The van der Waals surface area contributed by atoms with E-state index in [0.717, 1.165) is 5.56 Å². The summed E-state index contributed by atoms with van der Waals surface area (Å²) in [6.45, 7) is 0. The van der Waals surface area contributed by atoms with Crippen LogP contribution in [-0.2, 0) is 4.79 Å². The molecule has 1 aromatic rings. The molecule has 2 unspecified atom stereocenters.